The third-order valence-electron chi connectivity index (χ3n) is 3.55. The van der Waals surface area contributed by atoms with Crippen LogP contribution in [0.15, 0.2) is 6.33 Å². The first-order valence-electron chi connectivity index (χ1n) is 5.87. The molecule has 90 valence electrons. The van der Waals surface area contributed by atoms with Crippen molar-refractivity contribution in [2.24, 2.45) is 5.41 Å². The molecule has 2 heterocycles. The number of H-pyrrole nitrogens is 1. The van der Waals surface area contributed by atoms with Crippen LogP contribution in [0.5, 0.6) is 0 Å². The second-order valence-corrected chi connectivity index (χ2v) is 5.05. The van der Waals surface area contributed by atoms with Gasteiger partial charge in [0.15, 0.2) is 11.5 Å². The van der Waals surface area contributed by atoms with Crippen LogP contribution in [0.1, 0.15) is 26.2 Å². The molecule has 3 rings (SSSR count). The summed E-state index contributed by atoms with van der Waals surface area (Å²) in [5.74, 6) is 1.00. The molecular weight excluding hydrogens is 216 g/mol. The van der Waals surface area contributed by atoms with Crippen molar-refractivity contribution >= 4 is 22.9 Å². The molecule has 2 aromatic rings. The van der Waals surface area contributed by atoms with E-state index in [-0.39, 0.29) is 5.95 Å². The molecule has 0 bridgehead atoms. The summed E-state index contributed by atoms with van der Waals surface area (Å²) in [5, 5.41) is 3.35. The molecule has 0 amide bonds. The Hall–Kier alpha value is -1.85. The Balaban J connectivity index is 1.86. The maximum absolute atomic E-state index is 5.65. The first kappa shape index (κ1) is 10.3. The van der Waals surface area contributed by atoms with Gasteiger partial charge in [0.2, 0.25) is 5.95 Å². The number of hydrogen-bond donors (Lipinski definition) is 3. The van der Waals surface area contributed by atoms with Gasteiger partial charge in [-0.15, -0.1) is 0 Å². The minimum absolute atomic E-state index is 0.255. The summed E-state index contributed by atoms with van der Waals surface area (Å²) in [5.41, 5.74) is 7.48. The summed E-state index contributed by atoms with van der Waals surface area (Å²) in [6.45, 7) is 3.20. The molecule has 0 spiro atoms. The Bertz CT molecular complexity index is 542. The van der Waals surface area contributed by atoms with Crippen molar-refractivity contribution in [1.29, 1.82) is 0 Å². The van der Waals surface area contributed by atoms with Crippen molar-refractivity contribution in [2.75, 3.05) is 17.6 Å². The van der Waals surface area contributed by atoms with E-state index in [1.165, 1.54) is 19.3 Å². The van der Waals surface area contributed by atoms with Gasteiger partial charge in [0.1, 0.15) is 5.52 Å². The number of nitrogens with one attached hydrogen (secondary N) is 2. The number of nitrogens with zero attached hydrogens (tertiary/aromatic N) is 3. The Kier molecular flexibility index (Phi) is 2.17. The fourth-order valence-corrected chi connectivity index (χ4v) is 2.23. The SMILES string of the molecule is CC1(CNc2nc(N)nc3nc[nH]c23)CCC1. The lowest BCUT2D eigenvalue weighted by atomic mass is 9.70. The number of rotatable bonds is 3. The van der Waals surface area contributed by atoms with Gasteiger partial charge in [-0.1, -0.05) is 13.3 Å². The summed E-state index contributed by atoms with van der Waals surface area (Å²) >= 11 is 0. The molecule has 0 aliphatic heterocycles. The van der Waals surface area contributed by atoms with Crippen molar-refractivity contribution < 1.29 is 0 Å². The van der Waals surface area contributed by atoms with Crippen LogP contribution in [0, 0.1) is 5.41 Å². The second-order valence-electron chi connectivity index (χ2n) is 5.05. The molecule has 6 heteroatoms. The number of aromatic nitrogens is 4. The molecule has 0 aromatic carbocycles. The fourth-order valence-electron chi connectivity index (χ4n) is 2.23. The van der Waals surface area contributed by atoms with Crippen LogP contribution in [-0.2, 0) is 0 Å². The number of aromatic amines is 1. The normalized spacial score (nSPS) is 17.9. The van der Waals surface area contributed by atoms with E-state index in [0.29, 0.717) is 11.1 Å². The molecule has 17 heavy (non-hydrogen) atoms. The van der Waals surface area contributed by atoms with Crippen LogP contribution >= 0.6 is 0 Å². The van der Waals surface area contributed by atoms with Crippen LogP contribution in [0.4, 0.5) is 11.8 Å². The lowest BCUT2D eigenvalue weighted by molar-refractivity contribution is 0.180. The highest BCUT2D eigenvalue weighted by Crippen LogP contribution is 2.40. The van der Waals surface area contributed by atoms with E-state index in [0.717, 1.165) is 17.9 Å². The highest BCUT2D eigenvalue weighted by Gasteiger charge is 2.31. The van der Waals surface area contributed by atoms with Crippen molar-refractivity contribution in [3.63, 3.8) is 0 Å². The minimum Gasteiger partial charge on any atom is -0.368 e. The Labute approximate surface area is 99.1 Å². The zero-order valence-corrected chi connectivity index (χ0v) is 9.82. The number of nitrogens with two attached hydrogens (primary N) is 1. The first-order valence-corrected chi connectivity index (χ1v) is 5.87. The van der Waals surface area contributed by atoms with E-state index in [1.54, 1.807) is 6.33 Å². The Morgan fingerprint density at radius 1 is 1.47 bits per heavy atom. The largest absolute Gasteiger partial charge is 0.368 e. The molecule has 0 saturated heterocycles. The molecule has 0 atom stereocenters. The van der Waals surface area contributed by atoms with Crippen LogP contribution in [-0.4, -0.2) is 26.5 Å². The molecule has 2 aromatic heterocycles. The Morgan fingerprint density at radius 2 is 2.29 bits per heavy atom. The van der Waals surface area contributed by atoms with Gasteiger partial charge in [0.25, 0.3) is 0 Å². The highest BCUT2D eigenvalue weighted by atomic mass is 15.1. The Morgan fingerprint density at radius 3 is 3.00 bits per heavy atom. The predicted octanol–water partition coefficient (Wildman–Crippen LogP) is 1.54. The summed E-state index contributed by atoms with van der Waals surface area (Å²) in [6, 6.07) is 0. The van der Waals surface area contributed by atoms with E-state index in [2.05, 4.69) is 32.2 Å². The standard InChI is InChI=1S/C11H16N6/c1-11(3-2-4-11)5-13-8-7-9(15-6-14-7)17-10(12)16-8/h6H,2-5H2,1H3,(H4,12,13,14,15,16,17). The van der Waals surface area contributed by atoms with Crippen LogP contribution < -0.4 is 11.1 Å². The smallest absolute Gasteiger partial charge is 0.224 e. The molecule has 0 radical (unpaired) electrons. The topological polar surface area (TPSA) is 92.5 Å². The number of anilines is 2. The molecule has 1 saturated carbocycles. The van der Waals surface area contributed by atoms with Crippen molar-refractivity contribution in [2.45, 2.75) is 26.2 Å². The van der Waals surface area contributed by atoms with Gasteiger partial charge in [0, 0.05) is 6.54 Å². The van der Waals surface area contributed by atoms with Crippen molar-refractivity contribution in [3.8, 4) is 0 Å². The van der Waals surface area contributed by atoms with Gasteiger partial charge in [-0.25, -0.2) is 4.98 Å². The summed E-state index contributed by atoms with van der Waals surface area (Å²) in [7, 11) is 0. The van der Waals surface area contributed by atoms with Gasteiger partial charge < -0.3 is 16.0 Å². The van der Waals surface area contributed by atoms with E-state index in [4.69, 9.17) is 5.73 Å². The quantitative estimate of drug-likeness (QED) is 0.746. The first-order chi connectivity index (χ1) is 8.16. The van der Waals surface area contributed by atoms with Crippen molar-refractivity contribution in [3.05, 3.63) is 6.33 Å². The number of imidazole rings is 1. The summed E-state index contributed by atoms with van der Waals surface area (Å²) < 4.78 is 0. The van der Waals surface area contributed by atoms with E-state index in [1.807, 2.05) is 0 Å². The summed E-state index contributed by atoms with van der Waals surface area (Å²) in [6.07, 6.45) is 5.47. The monoisotopic (exact) mass is 232 g/mol. The zero-order chi connectivity index (χ0) is 11.9. The highest BCUT2D eigenvalue weighted by molar-refractivity contribution is 5.83. The van der Waals surface area contributed by atoms with E-state index in [9.17, 15) is 0 Å². The third-order valence-corrected chi connectivity index (χ3v) is 3.55. The van der Waals surface area contributed by atoms with Gasteiger partial charge in [-0.05, 0) is 18.3 Å². The van der Waals surface area contributed by atoms with E-state index < -0.39 is 0 Å². The molecule has 0 unspecified atom stereocenters. The predicted molar refractivity (Wildman–Crippen MR) is 66.5 cm³/mol. The van der Waals surface area contributed by atoms with E-state index >= 15 is 0 Å². The molecule has 1 aliphatic rings. The van der Waals surface area contributed by atoms with Gasteiger partial charge in [-0.3, -0.25) is 0 Å². The molecule has 6 nitrogen and oxygen atoms in total. The maximum atomic E-state index is 5.65. The summed E-state index contributed by atoms with van der Waals surface area (Å²) in [4.78, 5) is 15.4. The van der Waals surface area contributed by atoms with Crippen LogP contribution in [0.2, 0.25) is 0 Å². The second kappa shape index (κ2) is 3.58. The average molecular weight is 232 g/mol. The van der Waals surface area contributed by atoms with Gasteiger partial charge >= 0.3 is 0 Å². The minimum atomic E-state index is 0.255. The fraction of sp³-hybridized carbons (Fsp3) is 0.545. The molecular formula is C11H16N6. The van der Waals surface area contributed by atoms with Crippen LogP contribution in [0.25, 0.3) is 11.2 Å². The third kappa shape index (κ3) is 1.79. The van der Waals surface area contributed by atoms with Gasteiger partial charge in [-0.2, -0.15) is 9.97 Å². The molecule has 4 N–H and O–H groups in total. The lowest BCUT2D eigenvalue weighted by Crippen LogP contribution is -2.33. The lowest BCUT2D eigenvalue weighted by Gasteiger charge is -2.38. The maximum Gasteiger partial charge on any atom is 0.224 e. The van der Waals surface area contributed by atoms with Gasteiger partial charge in [0.05, 0.1) is 6.33 Å². The van der Waals surface area contributed by atoms with Crippen LogP contribution in [0.3, 0.4) is 0 Å². The molecule has 1 fully saturated rings. The number of hydrogen-bond acceptors (Lipinski definition) is 5. The molecule has 1 aliphatic carbocycles. The average Bonchev–Trinajstić information content (AvgIpc) is 2.71. The number of fused-ring (bicyclic) bond motifs is 1. The zero-order valence-electron chi connectivity index (χ0n) is 9.82. The van der Waals surface area contributed by atoms with Crippen molar-refractivity contribution in [1.82, 2.24) is 19.9 Å². The number of nitrogen functional groups attached to an aromatic ring is 1.